The van der Waals surface area contributed by atoms with E-state index in [-0.39, 0.29) is 0 Å². The Kier molecular flexibility index (Phi) is 5.18. The molecule has 1 N–H and O–H groups in total. The third-order valence-corrected chi connectivity index (χ3v) is 7.75. The molecule has 158 valence electrons. The SMILES string of the molecule is Cc1c(C2CCC2)sc2c1c(=O)n(C(C)(C)C(=O)O)c(=O)n2CCc1ccccc1. The molecular weight excluding hydrogens is 400 g/mol. The van der Waals surface area contributed by atoms with Gasteiger partial charge in [0, 0.05) is 11.4 Å². The molecule has 6 nitrogen and oxygen atoms in total. The second-order valence-electron chi connectivity index (χ2n) is 8.57. The van der Waals surface area contributed by atoms with Crippen LogP contribution < -0.4 is 11.2 Å². The highest BCUT2D eigenvalue weighted by Gasteiger charge is 2.36. The summed E-state index contributed by atoms with van der Waals surface area (Å²) < 4.78 is 2.53. The van der Waals surface area contributed by atoms with Crippen molar-refractivity contribution in [1.29, 1.82) is 0 Å². The van der Waals surface area contributed by atoms with Crippen molar-refractivity contribution in [3.8, 4) is 0 Å². The molecule has 1 aliphatic carbocycles. The molecule has 30 heavy (non-hydrogen) atoms. The molecule has 1 aliphatic rings. The Hall–Kier alpha value is -2.67. The molecule has 1 aromatic carbocycles. The van der Waals surface area contributed by atoms with Crippen molar-refractivity contribution in [2.45, 2.75) is 64.5 Å². The number of carboxylic acid groups (broad SMARTS) is 1. The number of aromatic nitrogens is 2. The van der Waals surface area contributed by atoms with Crippen molar-refractivity contribution in [3.63, 3.8) is 0 Å². The van der Waals surface area contributed by atoms with Crippen LogP contribution in [0.4, 0.5) is 0 Å². The van der Waals surface area contributed by atoms with Crippen LogP contribution in [0.2, 0.25) is 0 Å². The van der Waals surface area contributed by atoms with Crippen LogP contribution in [0.5, 0.6) is 0 Å². The number of hydrogen-bond acceptors (Lipinski definition) is 4. The monoisotopic (exact) mass is 426 g/mol. The lowest BCUT2D eigenvalue weighted by Crippen LogP contribution is -2.52. The van der Waals surface area contributed by atoms with Gasteiger partial charge in [0.1, 0.15) is 10.4 Å². The molecule has 0 unspecified atom stereocenters. The van der Waals surface area contributed by atoms with Gasteiger partial charge in [0.15, 0.2) is 0 Å². The van der Waals surface area contributed by atoms with Gasteiger partial charge in [-0.15, -0.1) is 11.3 Å². The molecule has 0 amide bonds. The first-order chi connectivity index (χ1) is 14.2. The molecular formula is C23H26N2O4S. The minimum atomic E-state index is -1.64. The highest BCUT2D eigenvalue weighted by Crippen LogP contribution is 2.43. The lowest BCUT2D eigenvalue weighted by molar-refractivity contribution is -0.146. The molecule has 1 fully saturated rings. The Morgan fingerprint density at radius 1 is 1.20 bits per heavy atom. The standard InChI is InChI=1S/C23H26N2O4S/c1-14-17-19(26)25(23(2,3)21(27)28)22(29)24(13-12-15-8-5-4-6-9-15)20(17)30-18(14)16-10-7-11-16/h4-6,8-9,16H,7,10-13H2,1-3H3,(H,27,28). The summed E-state index contributed by atoms with van der Waals surface area (Å²) in [7, 11) is 0. The zero-order valence-electron chi connectivity index (χ0n) is 17.5. The van der Waals surface area contributed by atoms with Crippen LogP contribution in [-0.2, 0) is 23.3 Å². The zero-order valence-corrected chi connectivity index (χ0v) is 18.3. The number of benzene rings is 1. The number of fused-ring (bicyclic) bond motifs is 1. The molecule has 3 aromatic rings. The van der Waals surface area contributed by atoms with Crippen molar-refractivity contribution in [3.05, 3.63) is 67.2 Å². The summed E-state index contributed by atoms with van der Waals surface area (Å²) in [6.07, 6.45) is 3.99. The van der Waals surface area contributed by atoms with Gasteiger partial charge < -0.3 is 5.11 Å². The van der Waals surface area contributed by atoms with Crippen molar-refractivity contribution in [2.75, 3.05) is 0 Å². The topological polar surface area (TPSA) is 81.3 Å². The fourth-order valence-corrected chi connectivity index (χ4v) is 5.58. The molecule has 0 aliphatic heterocycles. The maximum absolute atomic E-state index is 13.4. The number of nitrogens with zero attached hydrogens (tertiary/aromatic N) is 2. The number of hydrogen-bond donors (Lipinski definition) is 1. The van der Waals surface area contributed by atoms with Crippen LogP contribution in [-0.4, -0.2) is 20.2 Å². The molecule has 0 spiro atoms. The summed E-state index contributed by atoms with van der Waals surface area (Å²) in [4.78, 5) is 40.5. The van der Waals surface area contributed by atoms with E-state index < -0.39 is 22.8 Å². The Balaban J connectivity index is 1.96. The average molecular weight is 427 g/mol. The first-order valence-electron chi connectivity index (χ1n) is 10.3. The van der Waals surface area contributed by atoms with E-state index in [9.17, 15) is 19.5 Å². The van der Waals surface area contributed by atoms with E-state index in [0.717, 1.165) is 33.4 Å². The molecule has 0 atom stereocenters. The quantitative estimate of drug-likeness (QED) is 0.649. The molecule has 2 heterocycles. The van der Waals surface area contributed by atoms with E-state index in [2.05, 4.69) is 0 Å². The Labute approximate surface area is 178 Å². The zero-order chi connectivity index (χ0) is 21.6. The predicted octanol–water partition coefficient (Wildman–Crippen LogP) is 3.86. The maximum atomic E-state index is 13.4. The molecule has 0 bridgehead atoms. The largest absolute Gasteiger partial charge is 0.480 e. The van der Waals surface area contributed by atoms with Gasteiger partial charge in [-0.3, -0.25) is 9.36 Å². The van der Waals surface area contributed by atoms with E-state index in [0.29, 0.717) is 29.1 Å². The normalized spacial score (nSPS) is 14.8. The molecule has 4 rings (SSSR count). The van der Waals surface area contributed by atoms with Crippen LogP contribution in [0.1, 0.15) is 55.0 Å². The average Bonchev–Trinajstić information content (AvgIpc) is 2.98. The van der Waals surface area contributed by atoms with Crippen molar-refractivity contribution >= 4 is 27.5 Å². The van der Waals surface area contributed by atoms with Gasteiger partial charge in [-0.1, -0.05) is 36.8 Å². The summed E-state index contributed by atoms with van der Waals surface area (Å²) in [5.74, 6) is -0.775. The number of carboxylic acids is 1. The number of aliphatic carboxylic acids is 1. The molecule has 2 aromatic heterocycles. The maximum Gasteiger partial charge on any atom is 0.333 e. The highest BCUT2D eigenvalue weighted by atomic mass is 32.1. The smallest absolute Gasteiger partial charge is 0.333 e. The van der Waals surface area contributed by atoms with Crippen LogP contribution >= 0.6 is 11.3 Å². The van der Waals surface area contributed by atoms with Crippen LogP contribution in [0.25, 0.3) is 10.2 Å². The molecule has 0 radical (unpaired) electrons. The van der Waals surface area contributed by atoms with E-state index >= 15 is 0 Å². The van der Waals surface area contributed by atoms with Crippen molar-refractivity contribution in [1.82, 2.24) is 9.13 Å². The fraction of sp³-hybridized carbons (Fsp3) is 0.435. The minimum Gasteiger partial charge on any atom is -0.480 e. The van der Waals surface area contributed by atoms with Crippen molar-refractivity contribution < 1.29 is 9.90 Å². The molecule has 0 saturated heterocycles. The molecule has 1 saturated carbocycles. The van der Waals surface area contributed by atoms with Gasteiger partial charge >= 0.3 is 11.7 Å². The summed E-state index contributed by atoms with van der Waals surface area (Å²) in [6.45, 7) is 5.12. The van der Waals surface area contributed by atoms with Gasteiger partial charge in [0.05, 0.1) is 5.39 Å². The van der Waals surface area contributed by atoms with Gasteiger partial charge in [0.2, 0.25) is 0 Å². The first kappa shape index (κ1) is 20.6. The Morgan fingerprint density at radius 2 is 1.87 bits per heavy atom. The van der Waals surface area contributed by atoms with Gasteiger partial charge in [-0.05, 0) is 57.1 Å². The van der Waals surface area contributed by atoms with Gasteiger partial charge in [-0.25, -0.2) is 14.2 Å². The van der Waals surface area contributed by atoms with Crippen LogP contribution in [0, 0.1) is 6.92 Å². The third-order valence-electron chi connectivity index (χ3n) is 6.27. The summed E-state index contributed by atoms with van der Waals surface area (Å²) >= 11 is 1.53. The second-order valence-corrected chi connectivity index (χ2v) is 9.60. The van der Waals surface area contributed by atoms with Gasteiger partial charge in [-0.2, -0.15) is 0 Å². The highest BCUT2D eigenvalue weighted by molar-refractivity contribution is 7.19. The van der Waals surface area contributed by atoms with Crippen molar-refractivity contribution in [2.24, 2.45) is 0 Å². The van der Waals surface area contributed by atoms with Crippen LogP contribution in [0.15, 0.2) is 39.9 Å². The molecule has 7 heteroatoms. The summed E-state index contributed by atoms with van der Waals surface area (Å²) in [5, 5.41) is 10.2. The number of carbonyl (C=O) groups is 1. The van der Waals surface area contributed by atoms with Crippen LogP contribution in [0.3, 0.4) is 0 Å². The fourth-order valence-electron chi connectivity index (χ4n) is 4.09. The van der Waals surface area contributed by atoms with Gasteiger partial charge in [0.25, 0.3) is 5.56 Å². The summed E-state index contributed by atoms with van der Waals surface area (Å²) in [6, 6.07) is 9.84. The lowest BCUT2D eigenvalue weighted by Gasteiger charge is -2.24. The Bertz CT molecular complexity index is 1230. The van der Waals surface area contributed by atoms with E-state index in [1.807, 2.05) is 37.3 Å². The Morgan fingerprint density at radius 3 is 2.43 bits per heavy atom. The number of aryl methyl sites for hydroxylation is 3. The van der Waals surface area contributed by atoms with E-state index in [1.54, 1.807) is 4.57 Å². The minimum absolute atomic E-state index is 0.388. The summed E-state index contributed by atoms with van der Waals surface area (Å²) in [5.41, 5.74) is -0.717. The lowest BCUT2D eigenvalue weighted by atomic mass is 9.83. The predicted molar refractivity (Wildman–Crippen MR) is 119 cm³/mol. The van der Waals surface area contributed by atoms with E-state index in [1.165, 1.54) is 31.6 Å². The second kappa shape index (κ2) is 7.54. The number of thiophene rings is 1. The number of rotatable bonds is 6. The third kappa shape index (κ3) is 3.21. The van der Waals surface area contributed by atoms with E-state index in [4.69, 9.17) is 0 Å². The first-order valence-corrected chi connectivity index (χ1v) is 11.1.